The Hall–Kier alpha value is -3.74. The fraction of sp³-hybridized carbons (Fsp3) is 0.250. The molecule has 3 aromatic rings. The molecule has 1 aliphatic heterocycles. The normalized spacial score (nSPS) is 14.0. The predicted molar refractivity (Wildman–Crippen MR) is 116 cm³/mol. The first-order chi connectivity index (χ1) is 14.9. The number of benzene rings is 3. The minimum Gasteiger partial charge on any atom is -0.497 e. The standard InChI is InChI=1S/C24H23NO6/c1-14(16-4-5-18-11-20(28-3)8-6-17(18)10-16)24(27)31-15(2)23(26)25-19-7-9-21-22(12-19)30-13-29-21/h4-12,14-15H,13H2,1-3H3,(H,25,26)/t14-,15+/m0/s1. The zero-order chi connectivity index (χ0) is 22.0. The van der Waals surface area contributed by atoms with Gasteiger partial charge in [0.05, 0.1) is 13.0 Å². The second-order valence-corrected chi connectivity index (χ2v) is 7.33. The first kappa shape index (κ1) is 20.5. The summed E-state index contributed by atoms with van der Waals surface area (Å²) in [6.45, 7) is 3.45. The van der Waals surface area contributed by atoms with Gasteiger partial charge in [-0.05, 0) is 54.4 Å². The Morgan fingerprint density at radius 2 is 1.68 bits per heavy atom. The van der Waals surface area contributed by atoms with Crippen LogP contribution in [0.15, 0.2) is 54.6 Å². The lowest BCUT2D eigenvalue weighted by molar-refractivity contribution is -0.154. The van der Waals surface area contributed by atoms with E-state index < -0.39 is 23.9 Å². The van der Waals surface area contributed by atoms with Crippen molar-refractivity contribution in [2.24, 2.45) is 0 Å². The molecule has 0 unspecified atom stereocenters. The molecule has 0 aromatic heterocycles. The summed E-state index contributed by atoms with van der Waals surface area (Å²) in [7, 11) is 1.62. The van der Waals surface area contributed by atoms with Gasteiger partial charge in [0.1, 0.15) is 5.75 Å². The summed E-state index contributed by atoms with van der Waals surface area (Å²) in [5, 5.41) is 4.73. The van der Waals surface area contributed by atoms with Crippen LogP contribution in [-0.2, 0) is 14.3 Å². The summed E-state index contributed by atoms with van der Waals surface area (Å²) in [5.41, 5.74) is 1.35. The molecule has 0 bridgehead atoms. The second-order valence-electron chi connectivity index (χ2n) is 7.33. The highest BCUT2D eigenvalue weighted by Gasteiger charge is 2.24. The number of methoxy groups -OCH3 is 1. The first-order valence-corrected chi connectivity index (χ1v) is 9.93. The summed E-state index contributed by atoms with van der Waals surface area (Å²) in [4.78, 5) is 25.1. The van der Waals surface area contributed by atoms with E-state index in [0.717, 1.165) is 22.1 Å². The highest BCUT2D eigenvalue weighted by Crippen LogP contribution is 2.34. The SMILES string of the molecule is COc1ccc2cc([C@H](C)C(=O)O[C@H](C)C(=O)Nc3ccc4c(c3)OCO4)ccc2c1. The molecule has 2 atom stereocenters. The number of fused-ring (bicyclic) bond motifs is 2. The fourth-order valence-electron chi connectivity index (χ4n) is 3.32. The molecule has 0 fully saturated rings. The van der Waals surface area contributed by atoms with Crippen LogP contribution in [-0.4, -0.2) is 31.9 Å². The van der Waals surface area contributed by atoms with E-state index in [1.165, 1.54) is 0 Å². The van der Waals surface area contributed by atoms with Crippen molar-refractivity contribution in [3.8, 4) is 17.2 Å². The van der Waals surface area contributed by atoms with Gasteiger partial charge in [-0.1, -0.05) is 24.3 Å². The molecule has 31 heavy (non-hydrogen) atoms. The molecule has 7 heteroatoms. The number of amides is 1. The van der Waals surface area contributed by atoms with Crippen molar-refractivity contribution in [1.82, 2.24) is 0 Å². The van der Waals surface area contributed by atoms with Crippen molar-refractivity contribution in [2.75, 3.05) is 19.2 Å². The minimum atomic E-state index is -0.954. The highest BCUT2D eigenvalue weighted by atomic mass is 16.7. The Bertz CT molecular complexity index is 1140. The van der Waals surface area contributed by atoms with Crippen molar-refractivity contribution in [3.63, 3.8) is 0 Å². The topological polar surface area (TPSA) is 83.1 Å². The van der Waals surface area contributed by atoms with Crippen molar-refractivity contribution >= 4 is 28.3 Å². The predicted octanol–water partition coefficient (Wildman–Crippen LogP) is 4.25. The monoisotopic (exact) mass is 421 g/mol. The summed E-state index contributed by atoms with van der Waals surface area (Å²) >= 11 is 0. The Morgan fingerprint density at radius 1 is 0.935 bits per heavy atom. The first-order valence-electron chi connectivity index (χ1n) is 9.93. The van der Waals surface area contributed by atoms with E-state index in [4.69, 9.17) is 18.9 Å². The second kappa shape index (κ2) is 8.55. The third kappa shape index (κ3) is 4.40. The Morgan fingerprint density at radius 3 is 2.48 bits per heavy atom. The van der Waals surface area contributed by atoms with Crippen molar-refractivity contribution in [1.29, 1.82) is 0 Å². The van der Waals surface area contributed by atoms with Crippen LogP contribution in [0, 0.1) is 0 Å². The molecular weight excluding hydrogens is 398 g/mol. The fourth-order valence-corrected chi connectivity index (χ4v) is 3.32. The molecule has 1 heterocycles. The third-order valence-corrected chi connectivity index (χ3v) is 5.23. The third-order valence-electron chi connectivity index (χ3n) is 5.23. The lowest BCUT2D eigenvalue weighted by atomic mass is 9.98. The van der Waals surface area contributed by atoms with E-state index in [1.54, 1.807) is 39.2 Å². The van der Waals surface area contributed by atoms with Gasteiger partial charge in [0.15, 0.2) is 17.6 Å². The molecule has 0 saturated heterocycles. The highest BCUT2D eigenvalue weighted by molar-refractivity contribution is 5.96. The molecule has 1 aliphatic rings. The maximum atomic E-state index is 12.6. The average molecular weight is 421 g/mol. The van der Waals surface area contributed by atoms with E-state index in [9.17, 15) is 9.59 Å². The van der Waals surface area contributed by atoms with E-state index >= 15 is 0 Å². The summed E-state index contributed by atoms with van der Waals surface area (Å²) in [6, 6.07) is 16.6. The number of anilines is 1. The van der Waals surface area contributed by atoms with Gasteiger partial charge in [0.25, 0.3) is 5.91 Å². The van der Waals surface area contributed by atoms with Crippen LogP contribution in [0.2, 0.25) is 0 Å². The molecule has 1 N–H and O–H groups in total. The van der Waals surface area contributed by atoms with E-state index in [1.807, 2.05) is 36.4 Å². The summed E-state index contributed by atoms with van der Waals surface area (Å²) < 4.78 is 21.2. The molecule has 3 aromatic carbocycles. The molecule has 0 saturated carbocycles. The molecule has 0 spiro atoms. The molecule has 0 aliphatic carbocycles. The molecule has 7 nitrogen and oxygen atoms in total. The average Bonchev–Trinajstić information content (AvgIpc) is 3.25. The van der Waals surface area contributed by atoms with Gasteiger partial charge in [0.2, 0.25) is 6.79 Å². The van der Waals surface area contributed by atoms with Gasteiger partial charge < -0.3 is 24.3 Å². The largest absolute Gasteiger partial charge is 0.497 e. The molecule has 0 radical (unpaired) electrons. The van der Waals surface area contributed by atoms with E-state index in [-0.39, 0.29) is 6.79 Å². The summed E-state index contributed by atoms with van der Waals surface area (Å²) in [6.07, 6.45) is -0.954. The van der Waals surface area contributed by atoms with E-state index in [0.29, 0.717) is 17.2 Å². The van der Waals surface area contributed by atoms with Crippen molar-refractivity contribution in [3.05, 3.63) is 60.2 Å². The maximum absolute atomic E-state index is 12.6. The molecule has 160 valence electrons. The van der Waals surface area contributed by atoms with Crippen molar-refractivity contribution in [2.45, 2.75) is 25.9 Å². The van der Waals surface area contributed by atoms with Crippen LogP contribution >= 0.6 is 0 Å². The zero-order valence-electron chi connectivity index (χ0n) is 17.5. The van der Waals surface area contributed by atoms with Gasteiger partial charge in [-0.25, -0.2) is 0 Å². The molecule has 1 amide bonds. The van der Waals surface area contributed by atoms with Crippen LogP contribution in [0.25, 0.3) is 10.8 Å². The van der Waals surface area contributed by atoms with Gasteiger partial charge in [0, 0.05) is 11.8 Å². The lowest BCUT2D eigenvalue weighted by Crippen LogP contribution is -2.31. The number of hydrogen-bond donors (Lipinski definition) is 1. The maximum Gasteiger partial charge on any atom is 0.313 e. The van der Waals surface area contributed by atoms with E-state index in [2.05, 4.69) is 5.32 Å². The molecule has 4 rings (SSSR count). The van der Waals surface area contributed by atoms with Crippen LogP contribution in [0.3, 0.4) is 0 Å². The number of esters is 1. The van der Waals surface area contributed by atoms with Gasteiger partial charge in [-0.2, -0.15) is 0 Å². The smallest absolute Gasteiger partial charge is 0.313 e. The molecular formula is C24H23NO6. The van der Waals surface area contributed by atoms with Gasteiger partial charge >= 0.3 is 5.97 Å². The zero-order valence-corrected chi connectivity index (χ0v) is 17.5. The Labute approximate surface area is 179 Å². The number of rotatable bonds is 6. The van der Waals surface area contributed by atoms with Crippen LogP contribution in [0.4, 0.5) is 5.69 Å². The number of hydrogen-bond acceptors (Lipinski definition) is 6. The number of ether oxygens (including phenoxy) is 4. The van der Waals surface area contributed by atoms with Gasteiger partial charge in [-0.3, -0.25) is 9.59 Å². The van der Waals surface area contributed by atoms with Crippen molar-refractivity contribution < 1.29 is 28.5 Å². The van der Waals surface area contributed by atoms with Crippen LogP contribution in [0.5, 0.6) is 17.2 Å². The Balaban J connectivity index is 1.39. The number of nitrogens with one attached hydrogen (secondary N) is 1. The number of carbonyl (C=O) groups is 2. The number of carbonyl (C=O) groups excluding carboxylic acids is 2. The quantitative estimate of drug-likeness (QED) is 0.599. The minimum absolute atomic E-state index is 0.154. The van der Waals surface area contributed by atoms with Crippen LogP contribution in [0.1, 0.15) is 25.3 Å². The van der Waals surface area contributed by atoms with Crippen LogP contribution < -0.4 is 19.5 Å². The Kier molecular flexibility index (Phi) is 5.66. The van der Waals surface area contributed by atoms with Gasteiger partial charge in [-0.15, -0.1) is 0 Å². The lowest BCUT2D eigenvalue weighted by Gasteiger charge is -2.17. The summed E-state index contributed by atoms with van der Waals surface area (Å²) in [5.74, 6) is 0.540.